The normalized spacial score (nSPS) is 18.6. The van der Waals surface area contributed by atoms with Gasteiger partial charge in [0.15, 0.2) is 0 Å². The van der Waals surface area contributed by atoms with Gasteiger partial charge >= 0.3 is 5.97 Å². The van der Waals surface area contributed by atoms with Gasteiger partial charge in [-0.15, -0.1) is 0 Å². The van der Waals surface area contributed by atoms with Gasteiger partial charge in [-0.3, -0.25) is 9.59 Å². The third kappa shape index (κ3) is 4.76. The number of nitrogens with one attached hydrogen (secondary N) is 1. The number of methoxy groups -OCH3 is 1. The zero-order valence-electron chi connectivity index (χ0n) is 13.9. The van der Waals surface area contributed by atoms with Crippen molar-refractivity contribution in [3.05, 3.63) is 30.1 Å². The van der Waals surface area contributed by atoms with Gasteiger partial charge in [-0.1, -0.05) is 6.42 Å². The second kappa shape index (κ2) is 8.39. The second-order valence-electron chi connectivity index (χ2n) is 5.70. The highest BCUT2D eigenvalue weighted by atomic mass is 32.2. The quantitative estimate of drug-likeness (QED) is 0.754. The van der Waals surface area contributed by atoms with Gasteiger partial charge in [0.1, 0.15) is 11.9 Å². The maximum absolute atomic E-state index is 13.0. The number of esters is 1. The fourth-order valence-electron chi connectivity index (χ4n) is 2.70. The zero-order valence-corrected chi connectivity index (χ0v) is 14.7. The fraction of sp³-hybridized carbons (Fsp3) is 0.500. The lowest BCUT2D eigenvalue weighted by Gasteiger charge is -2.33. The molecule has 1 aromatic rings. The minimum absolute atomic E-state index is 0.0136. The van der Waals surface area contributed by atoms with E-state index in [4.69, 9.17) is 0 Å². The molecule has 1 aliphatic heterocycles. The van der Waals surface area contributed by atoms with Crippen molar-refractivity contribution in [3.63, 3.8) is 0 Å². The van der Waals surface area contributed by atoms with Crippen LogP contribution in [0, 0.1) is 5.82 Å². The average Bonchev–Trinajstić information content (AvgIpc) is 2.61. The Bertz CT molecular complexity index is 721. The van der Waals surface area contributed by atoms with Gasteiger partial charge in [-0.25, -0.2) is 12.8 Å². The first-order chi connectivity index (χ1) is 11.9. The van der Waals surface area contributed by atoms with Gasteiger partial charge in [-0.05, 0) is 37.1 Å². The molecule has 1 aromatic carbocycles. The van der Waals surface area contributed by atoms with E-state index in [2.05, 4.69) is 10.1 Å². The molecule has 1 aliphatic rings. The van der Waals surface area contributed by atoms with E-state index >= 15 is 0 Å². The third-order valence-electron chi connectivity index (χ3n) is 4.03. The standard InChI is InChI=1S/C16H21FN2O5S/c1-24-15(20)9-10-18-16(21)14-4-2-3-11-19(14)25(22,23)13-7-5-12(17)6-8-13/h5-8,14H,2-4,9-11H2,1H3,(H,18,21)/t14-/m0/s1. The zero-order chi connectivity index (χ0) is 18.4. The SMILES string of the molecule is COC(=O)CCNC(=O)[C@@H]1CCCCN1S(=O)(=O)c1ccc(F)cc1. The summed E-state index contributed by atoms with van der Waals surface area (Å²) in [4.78, 5) is 23.4. The van der Waals surface area contributed by atoms with Crippen LogP contribution in [-0.2, 0) is 24.3 Å². The Morgan fingerprint density at radius 3 is 2.60 bits per heavy atom. The number of benzene rings is 1. The number of ether oxygens (including phenoxy) is 1. The predicted molar refractivity (Wildman–Crippen MR) is 87.6 cm³/mol. The van der Waals surface area contributed by atoms with Crippen molar-refractivity contribution in [2.75, 3.05) is 20.2 Å². The van der Waals surface area contributed by atoms with Crippen LogP contribution in [0.1, 0.15) is 25.7 Å². The number of sulfonamides is 1. The highest BCUT2D eigenvalue weighted by molar-refractivity contribution is 7.89. The highest BCUT2D eigenvalue weighted by Gasteiger charge is 2.37. The largest absolute Gasteiger partial charge is 0.469 e. The molecule has 0 saturated carbocycles. The van der Waals surface area contributed by atoms with Crippen molar-refractivity contribution in [1.82, 2.24) is 9.62 Å². The summed E-state index contributed by atoms with van der Waals surface area (Å²) in [7, 11) is -2.65. The van der Waals surface area contributed by atoms with E-state index in [-0.39, 0.29) is 24.4 Å². The Morgan fingerprint density at radius 1 is 1.28 bits per heavy atom. The maximum atomic E-state index is 13.0. The van der Waals surface area contributed by atoms with Crippen molar-refractivity contribution in [3.8, 4) is 0 Å². The Hall–Kier alpha value is -2.00. The third-order valence-corrected chi connectivity index (χ3v) is 5.95. The van der Waals surface area contributed by atoms with Gasteiger partial charge in [0.05, 0.1) is 18.4 Å². The molecule has 1 atom stereocenters. The Labute approximate surface area is 146 Å². The number of nitrogens with zero attached hydrogens (tertiary/aromatic N) is 1. The molecule has 0 aliphatic carbocycles. The summed E-state index contributed by atoms with van der Waals surface area (Å²) in [5.74, 6) is -1.44. The van der Waals surface area contributed by atoms with Crippen molar-refractivity contribution in [2.45, 2.75) is 36.6 Å². The summed E-state index contributed by atoms with van der Waals surface area (Å²) in [5.41, 5.74) is 0. The molecule has 9 heteroatoms. The molecule has 0 spiro atoms. The van der Waals surface area contributed by atoms with E-state index < -0.39 is 33.8 Å². The first-order valence-electron chi connectivity index (χ1n) is 7.98. The van der Waals surface area contributed by atoms with Crippen LogP contribution in [0.3, 0.4) is 0 Å². The number of carbonyl (C=O) groups excluding carboxylic acids is 2. The first kappa shape index (κ1) is 19.3. The highest BCUT2D eigenvalue weighted by Crippen LogP contribution is 2.25. The van der Waals surface area contributed by atoms with Gasteiger partial charge < -0.3 is 10.1 Å². The molecule has 1 fully saturated rings. The molecule has 0 radical (unpaired) electrons. The second-order valence-corrected chi connectivity index (χ2v) is 7.59. The van der Waals surface area contributed by atoms with Crippen LogP contribution in [0.15, 0.2) is 29.2 Å². The van der Waals surface area contributed by atoms with E-state index in [9.17, 15) is 22.4 Å². The van der Waals surface area contributed by atoms with Crippen molar-refractivity contribution >= 4 is 21.9 Å². The molecule has 138 valence electrons. The number of hydrogen-bond acceptors (Lipinski definition) is 5. The number of piperidine rings is 1. The molecular formula is C16H21FN2O5S. The van der Waals surface area contributed by atoms with Crippen LogP contribution >= 0.6 is 0 Å². The first-order valence-corrected chi connectivity index (χ1v) is 9.42. The average molecular weight is 372 g/mol. The molecular weight excluding hydrogens is 351 g/mol. The predicted octanol–water partition coefficient (Wildman–Crippen LogP) is 1.05. The van der Waals surface area contributed by atoms with Crippen LogP contribution < -0.4 is 5.32 Å². The van der Waals surface area contributed by atoms with E-state index in [1.54, 1.807) is 0 Å². The minimum Gasteiger partial charge on any atom is -0.469 e. The summed E-state index contributed by atoms with van der Waals surface area (Å²) in [6.45, 7) is 0.293. The molecule has 1 amide bonds. The molecule has 0 bridgehead atoms. The van der Waals surface area contributed by atoms with Crippen molar-refractivity contribution in [2.24, 2.45) is 0 Å². The molecule has 25 heavy (non-hydrogen) atoms. The van der Waals surface area contributed by atoms with Crippen LogP contribution in [0.4, 0.5) is 4.39 Å². The topological polar surface area (TPSA) is 92.8 Å². The van der Waals surface area contributed by atoms with Gasteiger partial charge in [0.25, 0.3) is 0 Å². The summed E-state index contributed by atoms with van der Waals surface area (Å²) in [6.07, 6.45) is 1.78. The number of halogens is 1. The molecule has 7 nitrogen and oxygen atoms in total. The van der Waals surface area contributed by atoms with E-state index in [0.29, 0.717) is 12.8 Å². The van der Waals surface area contributed by atoms with E-state index in [0.717, 1.165) is 22.9 Å². The van der Waals surface area contributed by atoms with Crippen LogP contribution in [0.2, 0.25) is 0 Å². The molecule has 0 unspecified atom stereocenters. The summed E-state index contributed by atoms with van der Waals surface area (Å²) >= 11 is 0. The smallest absolute Gasteiger partial charge is 0.307 e. The maximum Gasteiger partial charge on any atom is 0.307 e. The van der Waals surface area contributed by atoms with E-state index in [1.165, 1.54) is 19.2 Å². The molecule has 1 saturated heterocycles. The van der Waals surface area contributed by atoms with Crippen molar-refractivity contribution < 1.29 is 27.1 Å². The molecule has 1 N–H and O–H groups in total. The van der Waals surface area contributed by atoms with Crippen LogP contribution in [0.25, 0.3) is 0 Å². The minimum atomic E-state index is -3.90. The van der Waals surface area contributed by atoms with Gasteiger partial charge in [0.2, 0.25) is 15.9 Å². The molecule has 0 aromatic heterocycles. The van der Waals surface area contributed by atoms with Gasteiger partial charge in [-0.2, -0.15) is 4.31 Å². The molecule has 2 rings (SSSR count). The Kier molecular flexibility index (Phi) is 6.49. The lowest BCUT2D eigenvalue weighted by atomic mass is 10.0. The number of carbonyl (C=O) groups is 2. The number of amides is 1. The lowest BCUT2D eigenvalue weighted by Crippen LogP contribution is -2.52. The summed E-state index contributed by atoms with van der Waals surface area (Å²) in [5, 5.41) is 2.57. The Balaban J connectivity index is 2.12. The summed E-state index contributed by atoms with van der Waals surface area (Å²) < 4.78 is 44.3. The lowest BCUT2D eigenvalue weighted by molar-refractivity contribution is -0.140. The van der Waals surface area contributed by atoms with E-state index in [1.807, 2.05) is 0 Å². The Morgan fingerprint density at radius 2 is 1.96 bits per heavy atom. The van der Waals surface area contributed by atoms with Gasteiger partial charge in [0, 0.05) is 13.1 Å². The summed E-state index contributed by atoms with van der Waals surface area (Å²) in [6, 6.07) is 3.67. The monoisotopic (exact) mass is 372 g/mol. The number of hydrogen-bond donors (Lipinski definition) is 1. The van der Waals surface area contributed by atoms with Crippen LogP contribution in [0.5, 0.6) is 0 Å². The number of rotatable bonds is 6. The van der Waals surface area contributed by atoms with Crippen molar-refractivity contribution in [1.29, 1.82) is 0 Å². The van der Waals surface area contributed by atoms with Crippen LogP contribution in [-0.4, -0.2) is 50.8 Å². The molecule has 1 heterocycles. The fourth-order valence-corrected chi connectivity index (χ4v) is 4.36.